The van der Waals surface area contributed by atoms with E-state index in [1.54, 1.807) is 43.4 Å². The number of benzene rings is 2. The lowest BCUT2D eigenvalue weighted by Gasteiger charge is -2.35. The van der Waals surface area contributed by atoms with Crippen molar-refractivity contribution in [3.05, 3.63) is 59.7 Å². The Labute approximate surface area is 131 Å². The van der Waals surface area contributed by atoms with Gasteiger partial charge in [-0.25, -0.2) is 0 Å². The smallest absolute Gasteiger partial charge is 0.423 e. The molecule has 6 heteroatoms. The molecule has 1 aliphatic rings. The molecule has 1 aliphatic heterocycles. The molecule has 0 bridgehead atoms. The van der Waals surface area contributed by atoms with Crippen molar-refractivity contribution in [2.24, 2.45) is 0 Å². The molecular formula is C17H16F3NO2. The molecule has 2 aromatic carbocycles. The molecule has 3 rings (SSSR count). The summed E-state index contributed by atoms with van der Waals surface area (Å²) in [4.78, 5) is 1.46. The fraction of sp³-hybridized carbons (Fsp3) is 0.294. The average Bonchev–Trinajstić information content (AvgIpc) is 2.76. The molecule has 0 aliphatic carbocycles. The van der Waals surface area contributed by atoms with E-state index >= 15 is 0 Å². The zero-order valence-corrected chi connectivity index (χ0v) is 12.6. The first kappa shape index (κ1) is 15.7. The van der Waals surface area contributed by atoms with Crippen LogP contribution in [0.3, 0.4) is 0 Å². The SMILES string of the molecule is COc1ccc2c(c1)C(O)(C(F)(F)F)C(c1ccccc1)N2C. The van der Waals surface area contributed by atoms with Crippen LogP contribution in [0.25, 0.3) is 0 Å². The maximum absolute atomic E-state index is 13.9. The fourth-order valence-corrected chi connectivity index (χ4v) is 3.23. The maximum atomic E-state index is 13.9. The topological polar surface area (TPSA) is 32.7 Å². The number of methoxy groups -OCH3 is 1. The van der Waals surface area contributed by atoms with Crippen LogP contribution < -0.4 is 9.64 Å². The van der Waals surface area contributed by atoms with Gasteiger partial charge >= 0.3 is 6.18 Å². The first-order valence-corrected chi connectivity index (χ1v) is 7.06. The molecule has 1 N–H and O–H groups in total. The van der Waals surface area contributed by atoms with Crippen LogP contribution >= 0.6 is 0 Å². The Bertz CT molecular complexity index is 718. The zero-order valence-electron chi connectivity index (χ0n) is 12.6. The highest BCUT2D eigenvalue weighted by atomic mass is 19.4. The van der Waals surface area contributed by atoms with Gasteiger partial charge in [-0.05, 0) is 23.8 Å². The van der Waals surface area contributed by atoms with Gasteiger partial charge in [0, 0.05) is 18.3 Å². The van der Waals surface area contributed by atoms with E-state index in [-0.39, 0.29) is 11.3 Å². The van der Waals surface area contributed by atoms with E-state index in [1.165, 1.54) is 24.1 Å². The van der Waals surface area contributed by atoms with Gasteiger partial charge in [0.05, 0.1) is 13.2 Å². The largest absolute Gasteiger partial charge is 0.497 e. The van der Waals surface area contributed by atoms with Gasteiger partial charge in [-0.1, -0.05) is 30.3 Å². The summed E-state index contributed by atoms with van der Waals surface area (Å²) in [6.07, 6.45) is -4.83. The number of hydrogen-bond donors (Lipinski definition) is 1. The van der Waals surface area contributed by atoms with Crippen LogP contribution in [-0.2, 0) is 5.60 Å². The van der Waals surface area contributed by atoms with E-state index in [2.05, 4.69) is 0 Å². The summed E-state index contributed by atoms with van der Waals surface area (Å²) in [5.41, 5.74) is -2.47. The van der Waals surface area contributed by atoms with Crippen molar-refractivity contribution in [2.45, 2.75) is 17.8 Å². The molecule has 0 saturated carbocycles. The van der Waals surface area contributed by atoms with Crippen LogP contribution in [0.15, 0.2) is 48.5 Å². The van der Waals surface area contributed by atoms with E-state index in [0.29, 0.717) is 11.3 Å². The first-order chi connectivity index (χ1) is 10.8. The van der Waals surface area contributed by atoms with Crippen LogP contribution in [0.1, 0.15) is 17.2 Å². The van der Waals surface area contributed by atoms with Gasteiger partial charge in [0.15, 0.2) is 0 Å². The minimum Gasteiger partial charge on any atom is -0.497 e. The van der Waals surface area contributed by atoms with Gasteiger partial charge in [-0.15, -0.1) is 0 Å². The number of anilines is 1. The summed E-state index contributed by atoms with van der Waals surface area (Å²) in [5, 5.41) is 10.8. The Balaban J connectivity index is 2.26. The maximum Gasteiger partial charge on any atom is 0.423 e. The van der Waals surface area contributed by atoms with Gasteiger partial charge in [-0.3, -0.25) is 0 Å². The van der Waals surface area contributed by atoms with Crippen molar-refractivity contribution in [1.82, 2.24) is 0 Å². The van der Waals surface area contributed by atoms with Crippen molar-refractivity contribution < 1.29 is 23.0 Å². The molecular weight excluding hydrogens is 307 g/mol. The number of ether oxygens (including phenoxy) is 1. The van der Waals surface area contributed by atoms with Gasteiger partial charge in [0.2, 0.25) is 5.60 Å². The summed E-state index contributed by atoms with van der Waals surface area (Å²) >= 11 is 0. The normalized spacial score (nSPS) is 23.7. The third-order valence-electron chi connectivity index (χ3n) is 4.32. The Hall–Kier alpha value is -2.21. The minimum atomic E-state index is -4.83. The quantitative estimate of drug-likeness (QED) is 0.916. The molecule has 0 saturated heterocycles. The second kappa shape index (κ2) is 5.16. The van der Waals surface area contributed by atoms with E-state index in [1.807, 2.05) is 0 Å². The highest BCUT2D eigenvalue weighted by Gasteiger charge is 2.65. The molecule has 3 nitrogen and oxygen atoms in total. The molecule has 23 heavy (non-hydrogen) atoms. The van der Waals surface area contributed by atoms with Crippen molar-refractivity contribution in [3.63, 3.8) is 0 Å². The summed E-state index contributed by atoms with van der Waals surface area (Å²) in [7, 11) is 2.92. The Morgan fingerprint density at radius 3 is 2.35 bits per heavy atom. The molecule has 0 fully saturated rings. The number of aliphatic hydroxyl groups is 1. The molecule has 2 atom stereocenters. The zero-order chi connectivity index (χ0) is 16.8. The van der Waals surface area contributed by atoms with E-state index in [0.717, 1.165) is 0 Å². The fourth-order valence-electron chi connectivity index (χ4n) is 3.23. The van der Waals surface area contributed by atoms with Crippen LogP contribution in [-0.4, -0.2) is 25.4 Å². The number of rotatable bonds is 2. The van der Waals surface area contributed by atoms with Crippen LogP contribution in [0.5, 0.6) is 5.75 Å². The van der Waals surface area contributed by atoms with Gasteiger partial charge in [0.1, 0.15) is 5.75 Å². The Morgan fingerprint density at radius 1 is 1.13 bits per heavy atom. The predicted octanol–water partition coefficient (Wildman–Crippen LogP) is 3.64. The summed E-state index contributed by atoms with van der Waals surface area (Å²) in [6.45, 7) is 0. The minimum absolute atomic E-state index is 0.194. The molecule has 0 radical (unpaired) electrons. The van der Waals surface area contributed by atoms with E-state index in [4.69, 9.17) is 4.74 Å². The number of nitrogens with zero attached hydrogens (tertiary/aromatic N) is 1. The van der Waals surface area contributed by atoms with Crippen molar-refractivity contribution in [2.75, 3.05) is 19.1 Å². The summed E-state index contributed by atoms with van der Waals surface area (Å²) < 4.78 is 46.6. The average molecular weight is 323 g/mol. The third kappa shape index (κ3) is 2.16. The number of likely N-dealkylation sites (N-methyl/N-ethyl adjacent to an activating group) is 1. The Kier molecular flexibility index (Phi) is 3.52. The van der Waals surface area contributed by atoms with Gasteiger partial charge in [0.25, 0.3) is 0 Å². The lowest BCUT2D eigenvalue weighted by molar-refractivity contribution is -0.272. The first-order valence-electron chi connectivity index (χ1n) is 7.06. The highest BCUT2D eigenvalue weighted by molar-refractivity contribution is 5.66. The summed E-state index contributed by atoms with van der Waals surface area (Å²) in [6, 6.07) is 11.3. The monoisotopic (exact) mass is 323 g/mol. The standard InChI is InChI=1S/C17H16F3NO2/c1-21-14-9-8-12(23-2)10-13(14)16(22,17(18,19)20)15(21)11-6-4-3-5-7-11/h3-10,15,22H,1-2H3. The van der Waals surface area contributed by atoms with Crippen molar-refractivity contribution in [3.8, 4) is 5.75 Å². The molecule has 1 heterocycles. The second-order valence-electron chi connectivity index (χ2n) is 5.57. The third-order valence-corrected chi connectivity index (χ3v) is 4.32. The van der Waals surface area contributed by atoms with Gasteiger partial charge < -0.3 is 14.7 Å². The number of halogens is 3. The number of fused-ring (bicyclic) bond motifs is 1. The molecule has 0 amide bonds. The van der Waals surface area contributed by atoms with Crippen LogP contribution in [0, 0.1) is 0 Å². The molecule has 0 aromatic heterocycles. The summed E-state index contributed by atoms with van der Waals surface area (Å²) in [5.74, 6) is 0.272. The number of alkyl halides is 3. The molecule has 2 aromatic rings. The van der Waals surface area contributed by atoms with Crippen molar-refractivity contribution >= 4 is 5.69 Å². The molecule has 0 spiro atoms. The van der Waals surface area contributed by atoms with Crippen molar-refractivity contribution in [1.29, 1.82) is 0 Å². The van der Waals surface area contributed by atoms with E-state index in [9.17, 15) is 18.3 Å². The molecule has 2 unspecified atom stereocenters. The van der Waals surface area contributed by atoms with Crippen LogP contribution in [0.2, 0.25) is 0 Å². The lowest BCUT2D eigenvalue weighted by atomic mass is 9.85. The number of hydrogen-bond acceptors (Lipinski definition) is 3. The van der Waals surface area contributed by atoms with Gasteiger partial charge in [-0.2, -0.15) is 13.2 Å². The predicted molar refractivity (Wildman–Crippen MR) is 80.5 cm³/mol. The van der Waals surface area contributed by atoms with Crippen LogP contribution in [0.4, 0.5) is 18.9 Å². The molecule has 122 valence electrons. The lowest BCUT2D eigenvalue weighted by Crippen LogP contribution is -2.47. The van der Waals surface area contributed by atoms with E-state index < -0.39 is 17.8 Å². The Morgan fingerprint density at radius 2 is 1.78 bits per heavy atom. The highest BCUT2D eigenvalue weighted by Crippen LogP contribution is 2.58. The second-order valence-corrected chi connectivity index (χ2v) is 5.57.